The largest absolute Gasteiger partial charge is 0.314 e. The van der Waals surface area contributed by atoms with E-state index in [1.807, 2.05) is 30.3 Å². The molecular weight excluding hydrogens is 382 g/mol. The molecule has 0 spiro atoms. The van der Waals surface area contributed by atoms with Gasteiger partial charge in [0, 0.05) is 11.3 Å². The van der Waals surface area contributed by atoms with Gasteiger partial charge in [-0.25, -0.2) is 10.5 Å². The van der Waals surface area contributed by atoms with Crippen molar-refractivity contribution in [3.8, 4) is 0 Å². The minimum atomic E-state index is -0.510. The molecule has 0 bridgehead atoms. The lowest BCUT2D eigenvalue weighted by Crippen LogP contribution is -2.18. The van der Waals surface area contributed by atoms with E-state index in [0.717, 1.165) is 34.1 Å². The number of aryl methyl sites for hydroxylation is 1. The zero-order chi connectivity index (χ0) is 20.2. The van der Waals surface area contributed by atoms with Crippen LogP contribution in [0.2, 0.25) is 0 Å². The molecule has 0 saturated carbocycles. The number of hydroxylamine groups is 1. The summed E-state index contributed by atoms with van der Waals surface area (Å²) in [4.78, 5) is 16.3. The van der Waals surface area contributed by atoms with Gasteiger partial charge in [-0.05, 0) is 47.9 Å². The van der Waals surface area contributed by atoms with E-state index >= 15 is 0 Å². The Labute approximate surface area is 173 Å². The zero-order valence-electron chi connectivity index (χ0n) is 16.0. The Hall–Kier alpha value is -3.09. The van der Waals surface area contributed by atoms with E-state index in [9.17, 15) is 4.79 Å². The highest BCUT2D eigenvalue weighted by atomic mass is 32.2. The Morgan fingerprint density at radius 1 is 1.03 bits per heavy atom. The number of nitrogens with zero attached hydrogens (tertiary/aromatic N) is 2. The van der Waals surface area contributed by atoms with E-state index in [1.54, 1.807) is 29.4 Å². The van der Waals surface area contributed by atoms with Crippen LogP contribution in [0.1, 0.15) is 27.0 Å². The predicted molar refractivity (Wildman–Crippen MR) is 115 cm³/mol. The molecule has 2 N–H and O–H groups in total. The average Bonchev–Trinajstić information content (AvgIpc) is 3.11. The number of imidazole rings is 1. The molecule has 6 heteroatoms. The van der Waals surface area contributed by atoms with Gasteiger partial charge in [-0.15, -0.1) is 0 Å². The second-order valence-electron chi connectivity index (χ2n) is 6.82. The van der Waals surface area contributed by atoms with Gasteiger partial charge < -0.3 is 4.57 Å². The maximum atomic E-state index is 11.5. The lowest BCUT2D eigenvalue weighted by molar-refractivity contribution is 0.0706. The number of thioether (sulfide) groups is 1. The number of nitrogens with one attached hydrogen (secondary N) is 1. The van der Waals surface area contributed by atoms with Crippen LogP contribution in [0.15, 0.2) is 78.0 Å². The molecule has 1 aromatic heterocycles. The van der Waals surface area contributed by atoms with Gasteiger partial charge in [0.25, 0.3) is 5.91 Å². The Morgan fingerprint density at radius 2 is 1.76 bits per heavy atom. The fourth-order valence-corrected chi connectivity index (χ4v) is 4.21. The number of carbonyl (C=O) groups excluding carboxylic acids is 1. The van der Waals surface area contributed by atoms with Crippen LogP contribution in [0.25, 0.3) is 11.0 Å². The summed E-state index contributed by atoms with van der Waals surface area (Å²) in [5.74, 6) is 0.224. The molecule has 3 aromatic carbocycles. The number of carbonyl (C=O) groups is 1. The van der Waals surface area contributed by atoms with Crippen LogP contribution >= 0.6 is 11.8 Å². The fraction of sp³-hybridized carbons (Fsp3) is 0.130. The van der Waals surface area contributed by atoms with Gasteiger partial charge in [-0.1, -0.05) is 60.3 Å². The molecule has 0 atom stereocenters. The molecule has 1 heterocycles. The first kappa shape index (κ1) is 19.2. The van der Waals surface area contributed by atoms with E-state index in [4.69, 9.17) is 10.2 Å². The number of benzene rings is 3. The Morgan fingerprint density at radius 3 is 2.52 bits per heavy atom. The normalized spacial score (nSPS) is 11.0. The van der Waals surface area contributed by atoms with Crippen molar-refractivity contribution in [2.75, 3.05) is 0 Å². The van der Waals surface area contributed by atoms with E-state index in [1.165, 1.54) is 11.1 Å². The second kappa shape index (κ2) is 8.51. The van der Waals surface area contributed by atoms with Crippen molar-refractivity contribution >= 4 is 28.7 Å². The van der Waals surface area contributed by atoms with Gasteiger partial charge in [-0.2, -0.15) is 0 Å². The summed E-state index contributed by atoms with van der Waals surface area (Å²) in [7, 11) is 0. The summed E-state index contributed by atoms with van der Waals surface area (Å²) >= 11 is 1.67. The molecule has 5 nitrogen and oxygen atoms in total. The molecule has 4 rings (SSSR count). The molecule has 0 aliphatic heterocycles. The van der Waals surface area contributed by atoms with E-state index in [2.05, 4.69) is 41.8 Å². The van der Waals surface area contributed by atoms with Crippen molar-refractivity contribution in [3.63, 3.8) is 0 Å². The van der Waals surface area contributed by atoms with Crippen molar-refractivity contribution in [1.82, 2.24) is 15.0 Å². The highest BCUT2D eigenvalue weighted by Crippen LogP contribution is 2.28. The number of amides is 1. The molecule has 0 aliphatic carbocycles. The van der Waals surface area contributed by atoms with E-state index < -0.39 is 5.91 Å². The van der Waals surface area contributed by atoms with Crippen LogP contribution in [-0.2, 0) is 12.3 Å². The third-order valence-electron chi connectivity index (χ3n) is 4.89. The molecule has 0 saturated heterocycles. The smallest absolute Gasteiger partial charge is 0.274 e. The number of fused-ring (bicyclic) bond motifs is 1. The first-order valence-electron chi connectivity index (χ1n) is 9.31. The van der Waals surface area contributed by atoms with Crippen LogP contribution in [0.3, 0.4) is 0 Å². The minimum Gasteiger partial charge on any atom is -0.314 e. The third kappa shape index (κ3) is 4.18. The van der Waals surface area contributed by atoms with Gasteiger partial charge in [0.2, 0.25) is 0 Å². The standard InChI is InChI=1S/C23H21N3O2S/c1-16-6-2-3-7-19(16)14-26-21-9-5-4-8-20(21)24-23(26)29-15-17-10-12-18(13-11-17)22(27)25-28/h2-13,28H,14-15H2,1H3,(H,25,27). The van der Waals surface area contributed by atoms with Crippen LogP contribution < -0.4 is 5.48 Å². The summed E-state index contributed by atoms with van der Waals surface area (Å²) < 4.78 is 2.26. The maximum absolute atomic E-state index is 11.5. The molecule has 0 fully saturated rings. The summed E-state index contributed by atoms with van der Waals surface area (Å²) in [5, 5.41) is 9.70. The summed E-state index contributed by atoms with van der Waals surface area (Å²) in [5.41, 5.74) is 7.80. The predicted octanol–water partition coefficient (Wildman–Crippen LogP) is 4.80. The summed E-state index contributed by atoms with van der Waals surface area (Å²) in [6.07, 6.45) is 0. The summed E-state index contributed by atoms with van der Waals surface area (Å²) in [6.45, 7) is 2.90. The van der Waals surface area contributed by atoms with Crippen LogP contribution in [-0.4, -0.2) is 20.7 Å². The Bertz CT molecular complexity index is 1150. The molecule has 4 aromatic rings. The van der Waals surface area contributed by atoms with Gasteiger partial charge in [-0.3, -0.25) is 10.0 Å². The van der Waals surface area contributed by atoms with Gasteiger partial charge in [0.05, 0.1) is 17.6 Å². The Kier molecular flexibility index (Phi) is 5.64. The van der Waals surface area contributed by atoms with Gasteiger partial charge in [0.15, 0.2) is 5.16 Å². The zero-order valence-corrected chi connectivity index (χ0v) is 16.8. The second-order valence-corrected chi connectivity index (χ2v) is 7.76. The van der Waals surface area contributed by atoms with E-state index in [0.29, 0.717) is 5.56 Å². The number of para-hydroxylation sites is 2. The molecule has 29 heavy (non-hydrogen) atoms. The number of hydrogen-bond donors (Lipinski definition) is 2. The van der Waals surface area contributed by atoms with Crippen molar-refractivity contribution in [2.24, 2.45) is 0 Å². The number of rotatable bonds is 6. The first-order valence-corrected chi connectivity index (χ1v) is 10.3. The molecule has 0 aliphatic rings. The average molecular weight is 404 g/mol. The van der Waals surface area contributed by atoms with Crippen LogP contribution in [0.4, 0.5) is 0 Å². The Balaban J connectivity index is 1.60. The highest BCUT2D eigenvalue weighted by Gasteiger charge is 2.13. The van der Waals surface area contributed by atoms with Crippen LogP contribution in [0.5, 0.6) is 0 Å². The molecule has 0 unspecified atom stereocenters. The molecule has 0 radical (unpaired) electrons. The number of aromatic nitrogens is 2. The highest BCUT2D eigenvalue weighted by molar-refractivity contribution is 7.98. The molecular formula is C23H21N3O2S. The van der Waals surface area contributed by atoms with Crippen molar-refractivity contribution in [1.29, 1.82) is 0 Å². The molecule has 146 valence electrons. The number of hydrogen-bond acceptors (Lipinski definition) is 4. The van der Waals surface area contributed by atoms with Gasteiger partial charge in [0.1, 0.15) is 0 Å². The lowest BCUT2D eigenvalue weighted by atomic mass is 10.1. The van der Waals surface area contributed by atoms with Gasteiger partial charge >= 0.3 is 0 Å². The van der Waals surface area contributed by atoms with E-state index in [-0.39, 0.29) is 0 Å². The SMILES string of the molecule is Cc1ccccc1Cn1c(SCc2ccc(C(=O)NO)cc2)nc2ccccc21. The van der Waals surface area contributed by atoms with Crippen LogP contribution in [0, 0.1) is 6.92 Å². The topological polar surface area (TPSA) is 67.2 Å². The monoisotopic (exact) mass is 403 g/mol. The lowest BCUT2D eigenvalue weighted by Gasteiger charge is -2.11. The quantitative estimate of drug-likeness (QED) is 0.276. The maximum Gasteiger partial charge on any atom is 0.274 e. The minimum absolute atomic E-state index is 0.424. The van der Waals surface area contributed by atoms with Crippen molar-refractivity contribution in [3.05, 3.63) is 95.1 Å². The summed E-state index contributed by atoms with van der Waals surface area (Å²) in [6, 6.07) is 23.8. The van der Waals surface area contributed by atoms with Crippen molar-refractivity contribution in [2.45, 2.75) is 24.4 Å². The molecule has 1 amide bonds. The van der Waals surface area contributed by atoms with Crippen molar-refractivity contribution < 1.29 is 10.0 Å². The first-order chi connectivity index (χ1) is 14.2. The third-order valence-corrected chi connectivity index (χ3v) is 5.94. The fourth-order valence-electron chi connectivity index (χ4n) is 3.24.